The first-order chi connectivity index (χ1) is 8.11. The van der Waals surface area contributed by atoms with Gasteiger partial charge in [0, 0.05) is 17.1 Å². The zero-order chi connectivity index (χ0) is 12.4. The first-order valence-electron chi connectivity index (χ1n) is 4.81. The summed E-state index contributed by atoms with van der Waals surface area (Å²) in [5.41, 5.74) is 6.71. The molecule has 0 saturated heterocycles. The number of rotatable bonds is 3. The van der Waals surface area contributed by atoms with E-state index in [4.69, 9.17) is 22.4 Å². The van der Waals surface area contributed by atoms with Crippen LogP contribution in [0.15, 0.2) is 24.3 Å². The molecule has 0 radical (unpaired) electrons. The number of nitrogens with zero attached hydrogens (tertiary/aromatic N) is 1. The van der Waals surface area contributed by atoms with Crippen LogP contribution in [0.4, 0.5) is 0 Å². The third-order valence-electron chi connectivity index (χ3n) is 2.18. The van der Waals surface area contributed by atoms with Crippen LogP contribution < -0.4 is 5.73 Å². The van der Waals surface area contributed by atoms with Gasteiger partial charge in [0.1, 0.15) is 9.88 Å². The number of nitrogens with two attached hydrogens (primary N) is 1. The summed E-state index contributed by atoms with van der Waals surface area (Å²) in [5.74, 6) is -0.997. The number of benzene rings is 1. The normalized spacial score (nSPS) is 10.5. The average Bonchev–Trinajstić information content (AvgIpc) is 2.74. The first kappa shape index (κ1) is 12.0. The van der Waals surface area contributed by atoms with Crippen LogP contribution in [0, 0.1) is 0 Å². The van der Waals surface area contributed by atoms with Crippen molar-refractivity contribution in [2.24, 2.45) is 5.73 Å². The summed E-state index contributed by atoms with van der Waals surface area (Å²) in [5, 5.41) is 10.3. The largest absolute Gasteiger partial charge is 0.477 e. The summed E-state index contributed by atoms with van der Waals surface area (Å²) in [4.78, 5) is 15.4. The molecule has 0 unspecified atom stereocenters. The van der Waals surface area contributed by atoms with E-state index < -0.39 is 5.97 Å². The standard InChI is InChI=1S/C11H9ClN2O2S/c12-7-3-1-6(2-4-7)10-14-8(5-13)9(17-10)11(15)16/h1-4H,5,13H2,(H,15,16). The molecule has 1 heterocycles. The molecule has 6 heteroatoms. The van der Waals surface area contributed by atoms with Gasteiger partial charge >= 0.3 is 5.97 Å². The van der Waals surface area contributed by atoms with Crippen molar-refractivity contribution in [1.82, 2.24) is 4.98 Å². The summed E-state index contributed by atoms with van der Waals surface area (Å²) < 4.78 is 0. The molecule has 0 saturated carbocycles. The van der Waals surface area contributed by atoms with Gasteiger partial charge in [-0.2, -0.15) is 0 Å². The minimum atomic E-state index is -0.997. The highest BCUT2D eigenvalue weighted by molar-refractivity contribution is 7.17. The van der Waals surface area contributed by atoms with Crippen LogP contribution in [0.2, 0.25) is 5.02 Å². The molecule has 1 aromatic carbocycles. The molecule has 0 atom stereocenters. The highest BCUT2D eigenvalue weighted by atomic mass is 35.5. The second kappa shape index (κ2) is 4.83. The molecule has 0 fully saturated rings. The van der Waals surface area contributed by atoms with E-state index in [1.54, 1.807) is 24.3 Å². The third-order valence-corrected chi connectivity index (χ3v) is 3.56. The van der Waals surface area contributed by atoms with Crippen molar-refractivity contribution in [2.75, 3.05) is 0 Å². The van der Waals surface area contributed by atoms with Gasteiger partial charge in [0.15, 0.2) is 0 Å². The Bertz CT molecular complexity index is 551. The maximum Gasteiger partial charge on any atom is 0.347 e. The zero-order valence-electron chi connectivity index (χ0n) is 8.68. The quantitative estimate of drug-likeness (QED) is 0.897. The van der Waals surface area contributed by atoms with Crippen molar-refractivity contribution in [3.8, 4) is 10.6 Å². The number of aromatic nitrogens is 1. The fourth-order valence-electron chi connectivity index (χ4n) is 1.37. The number of halogens is 1. The van der Waals surface area contributed by atoms with Gasteiger partial charge < -0.3 is 10.8 Å². The third kappa shape index (κ3) is 2.46. The van der Waals surface area contributed by atoms with Crippen LogP contribution in [0.1, 0.15) is 15.4 Å². The minimum absolute atomic E-state index is 0.117. The summed E-state index contributed by atoms with van der Waals surface area (Å²) in [6, 6.07) is 7.07. The Morgan fingerprint density at radius 3 is 2.53 bits per heavy atom. The minimum Gasteiger partial charge on any atom is -0.477 e. The van der Waals surface area contributed by atoms with Crippen LogP contribution >= 0.6 is 22.9 Å². The number of aromatic carboxylic acids is 1. The van der Waals surface area contributed by atoms with Gasteiger partial charge in [-0.05, 0) is 12.1 Å². The van der Waals surface area contributed by atoms with E-state index in [2.05, 4.69) is 4.98 Å². The van der Waals surface area contributed by atoms with Crippen LogP contribution in [0.25, 0.3) is 10.6 Å². The van der Waals surface area contributed by atoms with Crippen LogP contribution in [0.5, 0.6) is 0 Å². The zero-order valence-corrected chi connectivity index (χ0v) is 10.3. The van der Waals surface area contributed by atoms with E-state index in [1.165, 1.54) is 0 Å². The lowest BCUT2D eigenvalue weighted by Gasteiger charge is -1.95. The van der Waals surface area contributed by atoms with Gasteiger partial charge in [-0.25, -0.2) is 9.78 Å². The SMILES string of the molecule is NCc1nc(-c2ccc(Cl)cc2)sc1C(=O)O. The van der Waals surface area contributed by atoms with Gasteiger partial charge in [0.05, 0.1) is 5.69 Å². The highest BCUT2D eigenvalue weighted by Crippen LogP contribution is 2.28. The molecule has 0 spiro atoms. The van der Waals surface area contributed by atoms with Gasteiger partial charge in [0.2, 0.25) is 0 Å². The van der Waals surface area contributed by atoms with Crippen LogP contribution in [-0.4, -0.2) is 16.1 Å². The lowest BCUT2D eigenvalue weighted by molar-refractivity contribution is 0.0700. The van der Waals surface area contributed by atoms with Crippen molar-refractivity contribution in [1.29, 1.82) is 0 Å². The summed E-state index contributed by atoms with van der Waals surface area (Å²) in [6.45, 7) is 0.117. The van der Waals surface area contributed by atoms with E-state index >= 15 is 0 Å². The molecule has 2 rings (SSSR count). The maximum absolute atomic E-state index is 11.0. The van der Waals surface area contributed by atoms with Gasteiger partial charge in [0.25, 0.3) is 0 Å². The van der Waals surface area contributed by atoms with E-state index in [-0.39, 0.29) is 11.4 Å². The molecule has 0 aliphatic rings. The molecule has 0 bridgehead atoms. The topological polar surface area (TPSA) is 76.2 Å². The smallest absolute Gasteiger partial charge is 0.347 e. The Morgan fingerprint density at radius 1 is 1.41 bits per heavy atom. The fourth-order valence-corrected chi connectivity index (χ4v) is 2.44. The lowest BCUT2D eigenvalue weighted by atomic mass is 10.2. The second-order valence-electron chi connectivity index (χ2n) is 3.31. The number of hydrogen-bond acceptors (Lipinski definition) is 4. The lowest BCUT2D eigenvalue weighted by Crippen LogP contribution is -2.04. The molecule has 88 valence electrons. The van der Waals surface area contributed by atoms with Crippen molar-refractivity contribution < 1.29 is 9.90 Å². The van der Waals surface area contributed by atoms with Crippen molar-refractivity contribution in [2.45, 2.75) is 6.54 Å². The average molecular weight is 269 g/mol. The molecular weight excluding hydrogens is 260 g/mol. The Labute approximate surface area is 107 Å². The maximum atomic E-state index is 11.0. The van der Waals surface area contributed by atoms with Gasteiger partial charge in [-0.1, -0.05) is 23.7 Å². The molecule has 0 amide bonds. The van der Waals surface area contributed by atoms with Crippen molar-refractivity contribution in [3.05, 3.63) is 39.9 Å². The Balaban J connectivity index is 2.46. The molecule has 2 aromatic rings. The van der Waals surface area contributed by atoms with Gasteiger partial charge in [-0.3, -0.25) is 0 Å². The van der Waals surface area contributed by atoms with Crippen molar-refractivity contribution in [3.63, 3.8) is 0 Å². The number of carboxylic acid groups (broad SMARTS) is 1. The Morgan fingerprint density at radius 2 is 2.06 bits per heavy atom. The first-order valence-corrected chi connectivity index (χ1v) is 6.00. The molecule has 0 aliphatic carbocycles. The number of hydrogen-bond donors (Lipinski definition) is 2. The summed E-state index contributed by atoms with van der Waals surface area (Å²) in [6.07, 6.45) is 0. The molecular formula is C11H9ClN2O2S. The molecule has 3 N–H and O–H groups in total. The molecule has 17 heavy (non-hydrogen) atoms. The van der Waals surface area contributed by atoms with Crippen LogP contribution in [0.3, 0.4) is 0 Å². The predicted octanol–water partition coefficient (Wildman–Crippen LogP) is 2.62. The summed E-state index contributed by atoms with van der Waals surface area (Å²) in [7, 11) is 0. The number of carbonyl (C=O) groups is 1. The van der Waals surface area contributed by atoms with E-state index in [1.807, 2.05) is 0 Å². The Kier molecular flexibility index (Phi) is 3.42. The summed E-state index contributed by atoms with van der Waals surface area (Å²) >= 11 is 6.90. The second-order valence-corrected chi connectivity index (χ2v) is 4.75. The number of carboxylic acids is 1. The highest BCUT2D eigenvalue weighted by Gasteiger charge is 2.16. The van der Waals surface area contributed by atoms with Crippen molar-refractivity contribution >= 4 is 28.9 Å². The molecule has 0 aliphatic heterocycles. The van der Waals surface area contributed by atoms with E-state index in [0.29, 0.717) is 15.7 Å². The fraction of sp³-hybridized carbons (Fsp3) is 0.0909. The molecule has 1 aromatic heterocycles. The number of thiazole rings is 1. The molecule has 4 nitrogen and oxygen atoms in total. The van der Waals surface area contributed by atoms with Gasteiger partial charge in [-0.15, -0.1) is 11.3 Å². The van der Waals surface area contributed by atoms with Crippen LogP contribution in [-0.2, 0) is 6.54 Å². The predicted molar refractivity (Wildman–Crippen MR) is 67.4 cm³/mol. The van der Waals surface area contributed by atoms with E-state index in [0.717, 1.165) is 16.9 Å². The van der Waals surface area contributed by atoms with E-state index in [9.17, 15) is 4.79 Å². The monoisotopic (exact) mass is 268 g/mol. The Hall–Kier alpha value is -1.43.